The average Bonchev–Trinajstić information content (AvgIpc) is 3.37. The number of aliphatic hydroxyl groups is 1. The maximum atomic E-state index is 14.5. The summed E-state index contributed by atoms with van der Waals surface area (Å²) < 4.78 is 12.8. The van der Waals surface area contributed by atoms with Crippen LogP contribution in [-0.4, -0.2) is 24.1 Å². The van der Waals surface area contributed by atoms with Crippen LogP contribution in [0.2, 0.25) is 0 Å². The summed E-state index contributed by atoms with van der Waals surface area (Å²) in [4.78, 5) is 14.5. The van der Waals surface area contributed by atoms with Gasteiger partial charge in [-0.3, -0.25) is 4.79 Å². The lowest BCUT2D eigenvalue weighted by molar-refractivity contribution is -0.226. The molecule has 1 N–H and O–H groups in total. The normalized spacial score (nSPS) is 18.9. The molecule has 168 valence electrons. The average molecular weight is 449 g/mol. The van der Waals surface area contributed by atoms with Crippen LogP contribution in [0.15, 0.2) is 109 Å². The lowest BCUT2D eigenvalue weighted by atomic mass is 9.68. The van der Waals surface area contributed by atoms with Crippen molar-refractivity contribution in [3.05, 3.63) is 131 Å². The van der Waals surface area contributed by atoms with Crippen molar-refractivity contribution in [3.8, 4) is 11.1 Å². The van der Waals surface area contributed by atoms with Gasteiger partial charge in [0.2, 0.25) is 5.79 Å². The molecule has 1 saturated heterocycles. The largest absolute Gasteiger partial charge is 0.379 e. The van der Waals surface area contributed by atoms with E-state index in [1.807, 2.05) is 109 Å². The van der Waals surface area contributed by atoms with Crippen LogP contribution in [0.3, 0.4) is 0 Å². The van der Waals surface area contributed by atoms with Gasteiger partial charge in [0.15, 0.2) is 5.78 Å². The van der Waals surface area contributed by atoms with Gasteiger partial charge in [0.05, 0.1) is 13.2 Å². The smallest absolute Gasteiger partial charge is 0.209 e. The number of carbonyl (C=O) groups is 1. The molecule has 0 saturated carbocycles. The Morgan fingerprint density at radius 3 is 1.71 bits per heavy atom. The first-order chi connectivity index (χ1) is 16.7. The van der Waals surface area contributed by atoms with E-state index < -0.39 is 17.3 Å². The number of carbonyl (C=O) groups excluding carboxylic acids is 1. The zero-order valence-corrected chi connectivity index (χ0v) is 18.6. The Morgan fingerprint density at radius 1 is 0.647 bits per heavy atom. The van der Waals surface area contributed by atoms with Crippen molar-refractivity contribution in [1.82, 2.24) is 0 Å². The molecule has 34 heavy (non-hydrogen) atoms. The lowest BCUT2D eigenvalue weighted by Crippen LogP contribution is -2.53. The van der Waals surface area contributed by atoms with Crippen LogP contribution in [0.1, 0.15) is 27.0 Å². The van der Waals surface area contributed by atoms with Gasteiger partial charge in [-0.2, -0.15) is 0 Å². The summed E-state index contributed by atoms with van der Waals surface area (Å²) in [6.45, 7) is 0.655. The first-order valence-corrected chi connectivity index (χ1v) is 11.5. The Hall–Kier alpha value is -3.57. The van der Waals surface area contributed by atoms with Crippen molar-refractivity contribution < 1.29 is 19.4 Å². The van der Waals surface area contributed by atoms with Crippen molar-refractivity contribution in [2.75, 3.05) is 13.2 Å². The molecule has 1 aliphatic heterocycles. The van der Waals surface area contributed by atoms with E-state index in [4.69, 9.17) is 9.47 Å². The molecule has 1 heterocycles. The highest BCUT2D eigenvalue weighted by Crippen LogP contribution is 2.55. The number of hydrogen-bond acceptors (Lipinski definition) is 4. The third-order valence-electron chi connectivity index (χ3n) is 6.99. The second-order valence-corrected chi connectivity index (χ2v) is 8.75. The summed E-state index contributed by atoms with van der Waals surface area (Å²) in [5, 5.41) is 12.8. The third kappa shape index (κ3) is 2.93. The molecule has 4 heteroatoms. The Morgan fingerprint density at radius 2 is 1.12 bits per heavy atom. The van der Waals surface area contributed by atoms with Crippen molar-refractivity contribution >= 4 is 5.78 Å². The summed E-state index contributed by atoms with van der Waals surface area (Å²) in [6, 6.07) is 34.0. The molecule has 0 radical (unpaired) electrons. The second kappa shape index (κ2) is 8.03. The maximum absolute atomic E-state index is 14.5. The fourth-order valence-corrected chi connectivity index (χ4v) is 5.54. The first-order valence-electron chi connectivity index (χ1n) is 11.5. The zero-order chi connectivity index (χ0) is 23.2. The summed E-state index contributed by atoms with van der Waals surface area (Å²) in [5.41, 5.74) is 2.48. The van der Waals surface area contributed by atoms with E-state index in [-0.39, 0.29) is 5.78 Å². The molecular weight excluding hydrogens is 424 g/mol. The van der Waals surface area contributed by atoms with Crippen molar-refractivity contribution in [3.63, 3.8) is 0 Å². The summed E-state index contributed by atoms with van der Waals surface area (Å²) in [7, 11) is 0. The Labute approximate surface area is 198 Å². The van der Waals surface area contributed by atoms with Gasteiger partial charge in [-0.1, -0.05) is 109 Å². The molecule has 1 aliphatic carbocycles. The van der Waals surface area contributed by atoms with Gasteiger partial charge in [0.1, 0.15) is 11.5 Å². The van der Waals surface area contributed by atoms with E-state index in [2.05, 4.69) is 0 Å². The van der Waals surface area contributed by atoms with E-state index in [9.17, 15) is 9.90 Å². The van der Waals surface area contributed by atoms with Crippen LogP contribution in [0.25, 0.3) is 11.1 Å². The van der Waals surface area contributed by atoms with Crippen LogP contribution in [0.5, 0.6) is 0 Å². The Balaban J connectivity index is 1.73. The predicted octanol–water partition coefficient (Wildman–Crippen LogP) is 5.30. The Bertz CT molecular complexity index is 1300. The molecule has 1 atom stereocenters. The van der Waals surface area contributed by atoms with Crippen molar-refractivity contribution in [2.45, 2.75) is 11.4 Å². The van der Waals surface area contributed by atoms with E-state index in [0.29, 0.717) is 29.9 Å². The molecule has 4 aromatic rings. The second-order valence-electron chi connectivity index (χ2n) is 8.75. The number of benzene rings is 4. The van der Waals surface area contributed by atoms with Gasteiger partial charge in [-0.05, 0) is 22.3 Å². The summed E-state index contributed by atoms with van der Waals surface area (Å²) in [5.74, 6) is -2.76. The Kier molecular flexibility index (Phi) is 4.96. The van der Waals surface area contributed by atoms with Crippen molar-refractivity contribution in [1.29, 1.82) is 0 Å². The number of hydrogen-bond donors (Lipinski definition) is 1. The fourth-order valence-electron chi connectivity index (χ4n) is 5.54. The van der Waals surface area contributed by atoms with E-state index in [0.717, 1.165) is 16.7 Å². The fraction of sp³-hybridized carbons (Fsp3) is 0.167. The molecule has 6 rings (SSSR count). The molecule has 0 bridgehead atoms. The minimum atomic E-state index is -1.71. The quantitative estimate of drug-likeness (QED) is 0.462. The predicted molar refractivity (Wildman–Crippen MR) is 129 cm³/mol. The molecule has 1 spiro atoms. The minimum absolute atomic E-state index is 0.219. The third-order valence-corrected chi connectivity index (χ3v) is 6.99. The van der Waals surface area contributed by atoms with E-state index in [1.165, 1.54) is 0 Å². The lowest BCUT2D eigenvalue weighted by Gasteiger charge is -2.44. The maximum Gasteiger partial charge on any atom is 0.209 e. The van der Waals surface area contributed by atoms with E-state index in [1.54, 1.807) is 0 Å². The van der Waals surface area contributed by atoms with E-state index >= 15 is 0 Å². The molecule has 2 aliphatic rings. The SMILES string of the molecule is O=C1c2ccccc2-c2ccccc2C2(OCCO2)C1C(O)(c1ccccc1)c1ccccc1. The highest BCUT2D eigenvalue weighted by molar-refractivity contribution is 6.07. The van der Waals surface area contributed by atoms with Gasteiger partial charge in [-0.15, -0.1) is 0 Å². The molecule has 1 fully saturated rings. The summed E-state index contributed by atoms with van der Waals surface area (Å²) in [6.07, 6.45) is 0. The highest BCUT2D eigenvalue weighted by Gasteiger charge is 2.62. The van der Waals surface area contributed by atoms with Crippen LogP contribution >= 0.6 is 0 Å². The van der Waals surface area contributed by atoms with Gasteiger partial charge in [0, 0.05) is 11.1 Å². The van der Waals surface area contributed by atoms with Crippen LogP contribution in [-0.2, 0) is 20.9 Å². The topological polar surface area (TPSA) is 55.8 Å². The standard InChI is InChI=1S/C30H24O4/c31-27-25-17-8-7-15-23(25)24-16-9-10-18-26(24)30(33-19-20-34-30)28(27)29(32,21-11-3-1-4-12-21)22-13-5-2-6-14-22/h1-18,28,32H,19-20H2. The molecular formula is C30H24O4. The monoisotopic (exact) mass is 448 g/mol. The molecule has 1 unspecified atom stereocenters. The highest BCUT2D eigenvalue weighted by atomic mass is 16.7. The number of rotatable bonds is 3. The number of Topliss-reactive ketones (excluding diaryl/α,β-unsaturated/α-hetero) is 1. The molecule has 4 aromatic carbocycles. The number of fused-ring (bicyclic) bond motifs is 4. The van der Waals surface area contributed by atoms with Gasteiger partial charge >= 0.3 is 0 Å². The van der Waals surface area contributed by atoms with Gasteiger partial charge < -0.3 is 14.6 Å². The number of ketones is 1. The first kappa shape index (κ1) is 21.0. The molecule has 0 amide bonds. The van der Waals surface area contributed by atoms with Crippen LogP contribution < -0.4 is 0 Å². The van der Waals surface area contributed by atoms with Gasteiger partial charge in [-0.25, -0.2) is 0 Å². The molecule has 0 aromatic heterocycles. The van der Waals surface area contributed by atoms with Crippen LogP contribution in [0, 0.1) is 5.92 Å². The van der Waals surface area contributed by atoms with Gasteiger partial charge in [0.25, 0.3) is 0 Å². The molecule has 4 nitrogen and oxygen atoms in total. The minimum Gasteiger partial charge on any atom is -0.379 e. The number of ether oxygens (including phenoxy) is 2. The summed E-state index contributed by atoms with van der Waals surface area (Å²) >= 11 is 0. The zero-order valence-electron chi connectivity index (χ0n) is 18.6. The van der Waals surface area contributed by atoms with Crippen LogP contribution in [0.4, 0.5) is 0 Å². The van der Waals surface area contributed by atoms with Crippen molar-refractivity contribution in [2.24, 2.45) is 5.92 Å².